The van der Waals surface area contributed by atoms with E-state index >= 15 is 0 Å². The number of halogens is 1. The monoisotopic (exact) mass is 286 g/mol. The first-order valence-electron chi connectivity index (χ1n) is 5.44. The van der Waals surface area contributed by atoms with Crippen molar-refractivity contribution < 1.29 is 26.3 Å². The fourth-order valence-corrected chi connectivity index (χ4v) is 1.26. The molecule has 1 aromatic rings. The molecule has 0 radical (unpaired) electrons. The molecule has 0 fully saturated rings. The molecule has 1 rings (SSSR count). The minimum absolute atomic E-state index is 0. The predicted molar refractivity (Wildman–Crippen MR) is 59.3 cm³/mol. The standard InChI is InChI=1S/C12H18N2O.BrH/c1-3-7-13-12(15)6-10-14-8-4-11(2)5-9-14;/h4-5,8-9H,3,6-7,10H2,1-2H3;1H. The summed E-state index contributed by atoms with van der Waals surface area (Å²) >= 11 is 0. The first-order chi connectivity index (χ1) is 7.22. The normalized spacial score (nSPS) is 9.38. The third-order valence-electron chi connectivity index (χ3n) is 2.23. The quantitative estimate of drug-likeness (QED) is 0.637. The molecule has 90 valence electrons. The Bertz CT molecular complexity index is 311. The van der Waals surface area contributed by atoms with Gasteiger partial charge in [0, 0.05) is 18.7 Å². The topological polar surface area (TPSA) is 33.0 Å². The molecule has 0 spiro atoms. The van der Waals surface area contributed by atoms with Crippen LogP contribution in [-0.2, 0) is 11.3 Å². The molecule has 1 heterocycles. The molecular weight excluding hydrogens is 268 g/mol. The van der Waals surface area contributed by atoms with Gasteiger partial charge in [-0.3, -0.25) is 4.79 Å². The van der Waals surface area contributed by atoms with Crippen molar-refractivity contribution in [1.82, 2.24) is 5.32 Å². The number of aromatic nitrogens is 1. The van der Waals surface area contributed by atoms with Crippen molar-refractivity contribution in [3.63, 3.8) is 0 Å². The predicted octanol–water partition coefficient (Wildman–Crippen LogP) is -1.80. The number of rotatable bonds is 5. The number of carbonyl (C=O) groups is 1. The average Bonchev–Trinajstić information content (AvgIpc) is 2.25. The summed E-state index contributed by atoms with van der Waals surface area (Å²) < 4.78 is 2.03. The van der Waals surface area contributed by atoms with Gasteiger partial charge >= 0.3 is 0 Å². The first-order valence-corrected chi connectivity index (χ1v) is 5.44. The molecule has 1 N–H and O–H groups in total. The summed E-state index contributed by atoms with van der Waals surface area (Å²) in [5.74, 6) is 0.130. The number of pyridine rings is 1. The van der Waals surface area contributed by atoms with Crippen molar-refractivity contribution in [1.29, 1.82) is 0 Å². The number of hydrogen-bond donors (Lipinski definition) is 1. The smallest absolute Gasteiger partial charge is 0.226 e. The lowest BCUT2D eigenvalue weighted by Gasteiger charge is -2.01. The lowest BCUT2D eigenvalue weighted by Crippen LogP contribution is -3.00. The van der Waals surface area contributed by atoms with Crippen molar-refractivity contribution in [3.05, 3.63) is 30.1 Å². The molecule has 0 atom stereocenters. The summed E-state index contributed by atoms with van der Waals surface area (Å²) in [6, 6.07) is 4.09. The minimum atomic E-state index is 0. The van der Waals surface area contributed by atoms with Crippen molar-refractivity contribution >= 4 is 5.91 Å². The van der Waals surface area contributed by atoms with Gasteiger partial charge in [-0.05, 0) is 18.9 Å². The first kappa shape index (κ1) is 15.1. The molecule has 0 saturated heterocycles. The molecule has 16 heavy (non-hydrogen) atoms. The van der Waals surface area contributed by atoms with E-state index in [0.717, 1.165) is 19.5 Å². The van der Waals surface area contributed by atoms with Gasteiger partial charge in [-0.25, -0.2) is 4.57 Å². The van der Waals surface area contributed by atoms with Crippen LogP contribution in [0.3, 0.4) is 0 Å². The van der Waals surface area contributed by atoms with Gasteiger partial charge < -0.3 is 22.3 Å². The molecule has 0 aromatic carbocycles. The summed E-state index contributed by atoms with van der Waals surface area (Å²) in [5.41, 5.74) is 1.24. The summed E-state index contributed by atoms with van der Waals surface area (Å²) in [7, 11) is 0. The fourth-order valence-electron chi connectivity index (χ4n) is 1.26. The number of hydrogen-bond acceptors (Lipinski definition) is 1. The molecule has 0 saturated carbocycles. The zero-order valence-electron chi connectivity index (χ0n) is 9.87. The average molecular weight is 287 g/mol. The highest BCUT2D eigenvalue weighted by Crippen LogP contribution is 1.90. The van der Waals surface area contributed by atoms with E-state index in [9.17, 15) is 4.79 Å². The Morgan fingerprint density at radius 2 is 2.00 bits per heavy atom. The highest BCUT2D eigenvalue weighted by atomic mass is 79.9. The zero-order valence-corrected chi connectivity index (χ0v) is 11.5. The van der Waals surface area contributed by atoms with E-state index in [0.29, 0.717) is 6.42 Å². The van der Waals surface area contributed by atoms with Gasteiger partial charge in [-0.2, -0.15) is 0 Å². The van der Waals surface area contributed by atoms with Crippen molar-refractivity contribution in [2.75, 3.05) is 6.54 Å². The van der Waals surface area contributed by atoms with E-state index in [2.05, 4.69) is 19.2 Å². The number of carbonyl (C=O) groups excluding carboxylic acids is 1. The van der Waals surface area contributed by atoms with Gasteiger partial charge in [0.05, 0.1) is 6.42 Å². The van der Waals surface area contributed by atoms with Gasteiger partial charge in [0.2, 0.25) is 5.91 Å². The second-order valence-electron chi connectivity index (χ2n) is 3.71. The molecule has 0 aliphatic rings. The Kier molecular flexibility index (Phi) is 7.81. The van der Waals surface area contributed by atoms with Crippen molar-refractivity contribution in [2.45, 2.75) is 33.2 Å². The van der Waals surface area contributed by atoms with Crippen LogP contribution in [0.5, 0.6) is 0 Å². The Labute approximate surface area is 108 Å². The molecule has 0 aliphatic heterocycles. The SMILES string of the molecule is CCCNC(=O)CC[n+]1ccc(C)cc1.[Br-]. The second kappa shape index (κ2) is 8.28. The van der Waals surface area contributed by atoms with Gasteiger partial charge in [0.15, 0.2) is 18.9 Å². The molecule has 0 bridgehead atoms. The summed E-state index contributed by atoms with van der Waals surface area (Å²) in [4.78, 5) is 11.3. The van der Waals surface area contributed by atoms with E-state index < -0.39 is 0 Å². The zero-order chi connectivity index (χ0) is 11.1. The number of nitrogens with zero attached hydrogens (tertiary/aromatic N) is 1. The van der Waals surface area contributed by atoms with E-state index in [1.807, 2.05) is 29.1 Å². The highest BCUT2D eigenvalue weighted by molar-refractivity contribution is 5.75. The molecule has 1 aromatic heterocycles. The molecule has 4 heteroatoms. The molecule has 0 aliphatic carbocycles. The van der Waals surface area contributed by atoms with Crippen LogP contribution < -0.4 is 26.9 Å². The lowest BCUT2D eigenvalue weighted by atomic mass is 10.3. The Balaban J connectivity index is 0.00000225. The van der Waals surface area contributed by atoms with Crippen molar-refractivity contribution in [3.8, 4) is 0 Å². The van der Waals surface area contributed by atoms with Crippen LogP contribution in [0.2, 0.25) is 0 Å². The van der Waals surface area contributed by atoms with Crippen LogP contribution in [0.1, 0.15) is 25.3 Å². The number of aryl methyl sites for hydroxylation is 2. The van der Waals surface area contributed by atoms with E-state index in [4.69, 9.17) is 0 Å². The minimum Gasteiger partial charge on any atom is -1.00 e. The van der Waals surface area contributed by atoms with E-state index in [-0.39, 0.29) is 22.9 Å². The van der Waals surface area contributed by atoms with Crippen LogP contribution >= 0.6 is 0 Å². The largest absolute Gasteiger partial charge is 1.00 e. The lowest BCUT2D eigenvalue weighted by molar-refractivity contribution is -0.695. The van der Waals surface area contributed by atoms with Crippen LogP contribution in [0, 0.1) is 6.92 Å². The van der Waals surface area contributed by atoms with Crippen LogP contribution in [0.25, 0.3) is 0 Å². The van der Waals surface area contributed by atoms with Gasteiger partial charge in [0.1, 0.15) is 0 Å². The fraction of sp³-hybridized carbons (Fsp3) is 0.500. The van der Waals surface area contributed by atoms with E-state index in [1.165, 1.54) is 5.56 Å². The van der Waals surface area contributed by atoms with Gasteiger partial charge in [-0.15, -0.1) is 0 Å². The maximum atomic E-state index is 11.3. The van der Waals surface area contributed by atoms with Crippen LogP contribution in [0.4, 0.5) is 0 Å². The summed E-state index contributed by atoms with van der Waals surface area (Å²) in [5, 5.41) is 2.86. The molecular formula is C12H19BrN2O. The van der Waals surface area contributed by atoms with Crippen molar-refractivity contribution in [2.24, 2.45) is 0 Å². The van der Waals surface area contributed by atoms with Gasteiger partial charge in [-0.1, -0.05) is 6.92 Å². The number of nitrogens with one attached hydrogen (secondary N) is 1. The molecule has 1 amide bonds. The van der Waals surface area contributed by atoms with Gasteiger partial charge in [0.25, 0.3) is 0 Å². The molecule has 3 nitrogen and oxygen atoms in total. The third kappa shape index (κ3) is 5.85. The maximum Gasteiger partial charge on any atom is 0.226 e. The summed E-state index contributed by atoms with van der Waals surface area (Å²) in [6.07, 6.45) is 5.54. The molecule has 0 unspecified atom stereocenters. The second-order valence-corrected chi connectivity index (χ2v) is 3.71. The van der Waals surface area contributed by atoms with E-state index in [1.54, 1.807) is 0 Å². The number of amides is 1. The van der Waals surface area contributed by atoms with Crippen LogP contribution in [-0.4, -0.2) is 12.5 Å². The van der Waals surface area contributed by atoms with Crippen LogP contribution in [0.15, 0.2) is 24.5 Å². The Morgan fingerprint density at radius 3 is 2.56 bits per heavy atom. The highest BCUT2D eigenvalue weighted by Gasteiger charge is 2.04. The summed E-state index contributed by atoms with van der Waals surface area (Å²) in [6.45, 7) is 5.63. The maximum absolute atomic E-state index is 11.3. The third-order valence-corrected chi connectivity index (χ3v) is 2.23. The Morgan fingerprint density at radius 1 is 1.38 bits per heavy atom. The Hall–Kier alpha value is -0.900.